The van der Waals surface area contributed by atoms with E-state index in [2.05, 4.69) is 5.10 Å². The lowest BCUT2D eigenvalue weighted by Crippen LogP contribution is -2.00. The Kier molecular flexibility index (Phi) is 3.19. The number of rotatable bonds is 3. The zero-order valence-electron chi connectivity index (χ0n) is 9.92. The Labute approximate surface area is 100 Å². The predicted molar refractivity (Wildman–Crippen MR) is 67.7 cm³/mol. The molecule has 3 heteroatoms. The first kappa shape index (κ1) is 11.3. The van der Waals surface area contributed by atoms with Crippen molar-refractivity contribution in [1.29, 1.82) is 0 Å². The largest absolute Gasteiger partial charge is 0.289 e. The Balaban J connectivity index is 2.23. The third-order valence-corrected chi connectivity index (χ3v) is 2.48. The fourth-order valence-corrected chi connectivity index (χ4v) is 1.55. The molecule has 0 bridgehead atoms. The van der Waals surface area contributed by atoms with E-state index in [1.54, 1.807) is 22.9 Å². The van der Waals surface area contributed by atoms with E-state index in [9.17, 15) is 4.79 Å². The van der Waals surface area contributed by atoms with Gasteiger partial charge < -0.3 is 0 Å². The number of aryl methyl sites for hydroxylation is 1. The molecule has 0 aliphatic rings. The third-order valence-electron chi connectivity index (χ3n) is 2.48. The van der Waals surface area contributed by atoms with Crippen LogP contribution in [0.2, 0.25) is 0 Å². The van der Waals surface area contributed by atoms with Crippen LogP contribution >= 0.6 is 0 Å². The summed E-state index contributed by atoms with van der Waals surface area (Å²) in [6, 6.07) is 11.1. The fourth-order valence-electron chi connectivity index (χ4n) is 1.55. The summed E-state index contributed by atoms with van der Waals surface area (Å²) < 4.78 is 1.70. The number of hydrogen-bond donors (Lipinski definition) is 0. The minimum atomic E-state index is -0.00347. The highest BCUT2D eigenvalue weighted by Crippen LogP contribution is 2.07. The topological polar surface area (TPSA) is 34.9 Å². The van der Waals surface area contributed by atoms with Crippen molar-refractivity contribution in [2.24, 2.45) is 0 Å². The van der Waals surface area contributed by atoms with Gasteiger partial charge in [0, 0.05) is 23.5 Å². The van der Waals surface area contributed by atoms with Crippen molar-refractivity contribution in [2.45, 2.75) is 13.8 Å². The summed E-state index contributed by atoms with van der Waals surface area (Å²) in [6.45, 7) is 3.79. The SMILES string of the molecule is C/C(=C\C(=O)c1ccccc1)n1ccc(C)n1. The standard InChI is InChI=1S/C14H14N2O/c1-11-8-9-16(15-11)12(2)10-14(17)13-6-4-3-5-7-13/h3-10H,1-2H3/b12-10+. The van der Waals surface area contributed by atoms with Gasteiger partial charge in [0.15, 0.2) is 5.78 Å². The van der Waals surface area contributed by atoms with Crippen LogP contribution in [0.4, 0.5) is 0 Å². The number of nitrogens with zero attached hydrogens (tertiary/aromatic N) is 2. The molecule has 2 aromatic rings. The Morgan fingerprint density at radius 2 is 1.94 bits per heavy atom. The molecule has 1 aromatic heterocycles. The monoisotopic (exact) mass is 226 g/mol. The minimum Gasteiger partial charge on any atom is -0.289 e. The minimum absolute atomic E-state index is 0.00347. The first-order valence-electron chi connectivity index (χ1n) is 5.47. The van der Waals surface area contributed by atoms with Gasteiger partial charge in [0.2, 0.25) is 0 Å². The third kappa shape index (κ3) is 2.69. The average Bonchev–Trinajstić information content (AvgIpc) is 2.77. The van der Waals surface area contributed by atoms with Gasteiger partial charge in [-0.05, 0) is 19.9 Å². The van der Waals surface area contributed by atoms with Gasteiger partial charge in [-0.25, -0.2) is 4.68 Å². The van der Waals surface area contributed by atoms with E-state index in [-0.39, 0.29) is 5.78 Å². The molecule has 0 spiro atoms. The predicted octanol–water partition coefficient (Wildman–Crippen LogP) is 2.94. The number of ketones is 1. The van der Waals surface area contributed by atoms with E-state index in [0.29, 0.717) is 5.56 Å². The summed E-state index contributed by atoms with van der Waals surface area (Å²) in [6.07, 6.45) is 3.45. The summed E-state index contributed by atoms with van der Waals surface area (Å²) in [4.78, 5) is 11.9. The zero-order chi connectivity index (χ0) is 12.3. The van der Waals surface area contributed by atoms with E-state index >= 15 is 0 Å². The maximum absolute atomic E-state index is 11.9. The molecule has 0 fully saturated rings. The van der Waals surface area contributed by atoms with Gasteiger partial charge in [-0.15, -0.1) is 0 Å². The van der Waals surface area contributed by atoms with Crippen LogP contribution in [0.25, 0.3) is 5.70 Å². The molecule has 2 rings (SSSR count). The fraction of sp³-hybridized carbons (Fsp3) is 0.143. The molecule has 0 aliphatic carbocycles. The number of benzene rings is 1. The lowest BCUT2D eigenvalue weighted by molar-refractivity contribution is 0.104. The first-order valence-corrected chi connectivity index (χ1v) is 5.47. The molecule has 1 heterocycles. The smallest absolute Gasteiger partial charge is 0.187 e. The molecule has 3 nitrogen and oxygen atoms in total. The molecule has 0 unspecified atom stereocenters. The molecule has 0 radical (unpaired) electrons. The second-order valence-electron chi connectivity index (χ2n) is 3.92. The van der Waals surface area contributed by atoms with E-state index in [0.717, 1.165) is 11.4 Å². The van der Waals surface area contributed by atoms with E-state index in [4.69, 9.17) is 0 Å². The number of aromatic nitrogens is 2. The number of hydrogen-bond acceptors (Lipinski definition) is 2. The molecule has 0 amide bonds. The molecule has 0 N–H and O–H groups in total. The molecule has 0 saturated carbocycles. The molecule has 1 aromatic carbocycles. The number of carbonyl (C=O) groups excluding carboxylic acids is 1. The molecular weight excluding hydrogens is 212 g/mol. The summed E-state index contributed by atoms with van der Waals surface area (Å²) in [5, 5.41) is 4.25. The summed E-state index contributed by atoms with van der Waals surface area (Å²) in [5.41, 5.74) is 2.44. The lowest BCUT2D eigenvalue weighted by atomic mass is 10.1. The van der Waals surface area contributed by atoms with Gasteiger partial charge >= 0.3 is 0 Å². The maximum Gasteiger partial charge on any atom is 0.187 e. The highest BCUT2D eigenvalue weighted by atomic mass is 16.1. The van der Waals surface area contributed by atoms with Crippen LogP contribution in [-0.4, -0.2) is 15.6 Å². The van der Waals surface area contributed by atoms with Crippen LogP contribution in [0.1, 0.15) is 23.0 Å². The Morgan fingerprint density at radius 3 is 2.53 bits per heavy atom. The Hall–Kier alpha value is -2.16. The Morgan fingerprint density at radius 1 is 1.24 bits per heavy atom. The van der Waals surface area contributed by atoms with Crippen LogP contribution in [-0.2, 0) is 0 Å². The summed E-state index contributed by atoms with van der Waals surface area (Å²) >= 11 is 0. The second kappa shape index (κ2) is 4.78. The van der Waals surface area contributed by atoms with Gasteiger partial charge in [0.05, 0.1) is 5.69 Å². The van der Waals surface area contributed by atoms with Crippen molar-refractivity contribution in [3.05, 3.63) is 59.9 Å². The van der Waals surface area contributed by atoms with Crippen LogP contribution in [0.15, 0.2) is 48.7 Å². The van der Waals surface area contributed by atoms with Crippen LogP contribution < -0.4 is 0 Å². The van der Waals surface area contributed by atoms with Crippen LogP contribution in [0.3, 0.4) is 0 Å². The van der Waals surface area contributed by atoms with E-state index in [1.807, 2.05) is 44.3 Å². The molecule has 0 aliphatic heterocycles. The van der Waals surface area contributed by atoms with Crippen molar-refractivity contribution >= 4 is 11.5 Å². The quantitative estimate of drug-likeness (QED) is 0.595. The summed E-state index contributed by atoms with van der Waals surface area (Å²) in [7, 11) is 0. The van der Waals surface area contributed by atoms with Gasteiger partial charge in [-0.2, -0.15) is 5.10 Å². The molecular formula is C14H14N2O. The van der Waals surface area contributed by atoms with Gasteiger partial charge in [-0.1, -0.05) is 30.3 Å². The second-order valence-corrected chi connectivity index (χ2v) is 3.92. The van der Waals surface area contributed by atoms with Gasteiger partial charge in [0.25, 0.3) is 0 Å². The van der Waals surface area contributed by atoms with Crippen molar-refractivity contribution in [3.8, 4) is 0 Å². The van der Waals surface area contributed by atoms with Gasteiger partial charge in [-0.3, -0.25) is 4.79 Å². The van der Waals surface area contributed by atoms with Crippen LogP contribution in [0.5, 0.6) is 0 Å². The van der Waals surface area contributed by atoms with Crippen molar-refractivity contribution in [1.82, 2.24) is 9.78 Å². The van der Waals surface area contributed by atoms with Crippen molar-refractivity contribution in [3.63, 3.8) is 0 Å². The van der Waals surface area contributed by atoms with E-state index in [1.165, 1.54) is 0 Å². The highest BCUT2D eigenvalue weighted by molar-refractivity contribution is 6.07. The summed E-state index contributed by atoms with van der Waals surface area (Å²) in [5.74, 6) is -0.00347. The van der Waals surface area contributed by atoms with Crippen LogP contribution in [0, 0.1) is 6.92 Å². The Bertz CT molecular complexity index is 553. The zero-order valence-corrected chi connectivity index (χ0v) is 9.92. The molecule has 0 atom stereocenters. The normalized spacial score (nSPS) is 11.5. The highest BCUT2D eigenvalue weighted by Gasteiger charge is 2.03. The maximum atomic E-state index is 11.9. The number of carbonyl (C=O) groups is 1. The number of allylic oxidation sites excluding steroid dienone is 2. The molecule has 0 saturated heterocycles. The van der Waals surface area contributed by atoms with Crippen molar-refractivity contribution < 1.29 is 4.79 Å². The first-order chi connectivity index (χ1) is 8.16. The molecule has 86 valence electrons. The van der Waals surface area contributed by atoms with Gasteiger partial charge in [0.1, 0.15) is 0 Å². The lowest BCUT2D eigenvalue weighted by Gasteiger charge is -2.01. The average molecular weight is 226 g/mol. The van der Waals surface area contributed by atoms with E-state index < -0.39 is 0 Å². The molecule has 17 heavy (non-hydrogen) atoms. The van der Waals surface area contributed by atoms with Crippen molar-refractivity contribution in [2.75, 3.05) is 0 Å².